The van der Waals surface area contributed by atoms with E-state index in [0.29, 0.717) is 0 Å². The van der Waals surface area contributed by atoms with E-state index in [0.717, 1.165) is 13.8 Å². The van der Waals surface area contributed by atoms with Crippen LogP contribution >= 0.6 is 0 Å². The molecule has 12 heteroatoms. The lowest BCUT2D eigenvalue weighted by molar-refractivity contribution is -0.154. The summed E-state index contributed by atoms with van der Waals surface area (Å²) in [4.78, 5) is 45.2. The Morgan fingerprint density at radius 3 is 1.29 bits per heavy atom. The van der Waals surface area contributed by atoms with Crippen LogP contribution in [0.25, 0.3) is 0 Å². The Balaban J connectivity index is 3.19. The van der Waals surface area contributed by atoms with Crippen LogP contribution in [0.1, 0.15) is 51.0 Å². The van der Waals surface area contributed by atoms with Crippen molar-refractivity contribution in [1.82, 2.24) is 0 Å². The standard InChI is InChI=1S/C22H30O12/c1-13(23)31-9-7-29-11-19(33-15(3)25)21-17(27)5-6-18(28)22(21)20(34-16(4)26)12-30-8-10-32-14(2)24/h5-6,19-20,27-28H,7-12H2,1-4H3. The summed E-state index contributed by atoms with van der Waals surface area (Å²) >= 11 is 0. The first-order valence-electron chi connectivity index (χ1n) is 10.3. The van der Waals surface area contributed by atoms with Gasteiger partial charge in [-0.15, -0.1) is 0 Å². The zero-order chi connectivity index (χ0) is 25.7. The van der Waals surface area contributed by atoms with E-state index in [1.54, 1.807) is 0 Å². The molecule has 0 saturated heterocycles. The van der Waals surface area contributed by atoms with Gasteiger partial charge in [-0.2, -0.15) is 0 Å². The smallest absolute Gasteiger partial charge is 0.303 e. The molecule has 0 heterocycles. The zero-order valence-electron chi connectivity index (χ0n) is 19.5. The van der Waals surface area contributed by atoms with E-state index in [9.17, 15) is 29.4 Å². The molecule has 12 nitrogen and oxygen atoms in total. The number of phenolic OH excluding ortho intramolecular Hbond substituents is 2. The van der Waals surface area contributed by atoms with E-state index in [1.807, 2.05) is 0 Å². The largest absolute Gasteiger partial charge is 0.508 e. The van der Waals surface area contributed by atoms with Crippen LogP contribution in [-0.4, -0.2) is 73.7 Å². The predicted molar refractivity (Wildman–Crippen MR) is 114 cm³/mol. The van der Waals surface area contributed by atoms with Crippen LogP contribution in [0.2, 0.25) is 0 Å². The van der Waals surface area contributed by atoms with E-state index < -0.39 is 36.1 Å². The maximum absolute atomic E-state index is 11.7. The van der Waals surface area contributed by atoms with Crippen LogP contribution in [0.5, 0.6) is 11.5 Å². The number of rotatable bonds is 14. The van der Waals surface area contributed by atoms with E-state index in [1.165, 1.54) is 26.0 Å². The van der Waals surface area contributed by atoms with Crippen molar-refractivity contribution >= 4 is 23.9 Å². The first-order valence-corrected chi connectivity index (χ1v) is 10.3. The second-order valence-corrected chi connectivity index (χ2v) is 6.96. The SMILES string of the molecule is CC(=O)OCCOCC(OC(C)=O)c1c(O)ccc(O)c1C(COCCOC(C)=O)OC(C)=O. The van der Waals surface area contributed by atoms with Crippen LogP contribution in [0.4, 0.5) is 0 Å². The number of ether oxygens (including phenoxy) is 6. The van der Waals surface area contributed by atoms with Crippen LogP contribution in [-0.2, 0) is 47.6 Å². The van der Waals surface area contributed by atoms with Gasteiger partial charge >= 0.3 is 23.9 Å². The monoisotopic (exact) mass is 486 g/mol. The van der Waals surface area contributed by atoms with Gasteiger partial charge in [0.15, 0.2) is 12.2 Å². The Bertz CT molecular complexity index is 782. The van der Waals surface area contributed by atoms with Crippen molar-refractivity contribution < 1.29 is 57.8 Å². The molecule has 0 aliphatic rings. The average Bonchev–Trinajstić information content (AvgIpc) is 2.72. The highest BCUT2D eigenvalue weighted by atomic mass is 16.6. The Morgan fingerprint density at radius 1 is 0.647 bits per heavy atom. The van der Waals surface area contributed by atoms with Crippen molar-refractivity contribution in [3.63, 3.8) is 0 Å². The van der Waals surface area contributed by atoms with Crippen LogP contribution in [0, 0.1) is 0 Å². The molecule has 2 N–H and O–H groups in total. The second kappa shape index (κ2) is 14.7. The second-order valence-electron chi connectivity index (χ2n) is 6.96. The van der Waals surface area contributed by atoms with Gasteiger partial charge in [-0.05, 0) is 12.1 Å². The molecule has 0 aromatic heterocycles. The normalized spacial score (nSPS) is 12.4. The highest BCUT2D eigenvalue weighted by Crippen LogP contribution is 2.40. The molecular formula is C22H30O12. The molecule has 34 heavy (non-hydrogen) atoms. The number of hydrogen-bond donors (Lipinski definition) is 2. The fraction of sp³-hybridized carbons (Fsp3) is 0.545. The summed E-state index contributed by atoms with van der Waals surface area (Å²) in [5, 5.41) is 21.1. The van der Waals surface area contributed by atoms with Crippen molar-refractivity contribution in [1.29, 1.82) is 0 Å². The third-order valence-corrected chi connectivity index (χ3v) is 4.11. The molecule has 1 aromatic rings. The summed E-state index contributed by atoms with van der Waals surface area (Å²) in [6.45, 7) is 4.07. The number of hydrogen-bond acceptors (Lipinski definition) is 12. The number of aromatic hydroxyl groups is 2. The van der Waals surface area contributed by atoms with Gasteiger partial charge in [0.2, 0.25) is 0 Å². The van der Waals surface area contributed by atoms with Crippen LogP contribution in [0.15, 0.2) is 12.1 Å². The molecule has 190 valence electrons. The average molecular weight is 486 g/mol. The van der Waals surface area contributed by atoms with Gasteiger partial charge in [0.25, 0.3) is 0 Å². The number of carbonyl (C=O) groups is 4. The molecule has 1 aromatic carbocycles. The summed E-state index contributed by atoms with van der Waals surface area (Å²) < 4.78 is 30.9. The van der Waals surface area contributed by atoms with Crippen molar-refractivity contribution in [2.24, 2.45) is 0 Å². The first kappa shape index (κ1) is 28.7. The number of esters is 4. The number of carbonyl (C=O) groups excluding carboxylic acids is 4. The Hall–Kier alpha value is -3.38. The number of benzene rings is 1. The molecule has 0 fully saturated rings. The molecule has 0 bridgehead atoms. The highest BCUT2D eigenvalue weighted by Gasteiger charge is 2.31. The topological polar surface area (TPSA) is 164 Å². The number of phenols is 2. The molecule has 0 spiro atoms. The fourth-order valence-corrected chi connectivity index (χ4v) is 2.91. The summed E-state index contributed by atoms with van der Waals surface area (Å²) in [7, 11) is 0. The minimum Gasteiger partial charge on any atom is -0.508 e. The molecular weight excluding hydrogens is 456 g/mol. The zero-order valence-corrected chi connectivity index (χ0v) is 19.5. The van der Waals surface area contributed by atoms with Crippen LogP contribution < -0.4 is 0 Å². The van der Waals surface area contributed by atoms with Crippen molar-refractivity contribution in [3.8, 4) is 11.5 Å². The maximum Gasteiger partial charge on any atom is 0.303 e. The minimum atomic E-state index is -1.21. The summed E-state index contributed by atoms with van der Waals surface area (Å²) in [5.74, 6) is -3.12. The van der Waals surface area contributed by atoms with Gasteiger partial charge in [0.05, 0.1) is 26.4 Å². The molecule has 0 amide bonds. The lowest BCUT2D eigenvalue weighted by Gasteiger charge is -2.26. The molecule has 0 aliphatic carbocycles. The lowest BCUT2D eigenvalue weighted by atomic mass is 9.96. The third-order valence-electron chi connectivity index (χ3n) is 4.11. The summed E-state index contributed by atoms with van der Waals surface area (Å²) in [6, 6.07) is 2.35. The Kier molecular flexibility index (Phi) is 12.4. The van der Waals surface area contributed by atoms with E-state index >= 15 is 0 Å². The predicted octanol–water partition coefficient (Wildman–Crippen LogP) is 1.47. The first-order chi connectivity index (χ1) is 16.0. The van der Waals surface area contributed by atoms with Crippen LogP contribution in [0.3, 0.4) is 0 Å². The van der Waals surface area contributed by atoms with Crippen molar-refractivity contribution in [2.75, 3.05) is 39.6 Å². The molecule has 2 unspecified atom stereocenters. The van der Waals surface area contributed by atoms with E-state index in [-0.39, 0.29) is 62.3 Å². The van der Waals surface area contributed by atoms with Gasteiger partial charge in [-0.3, -0.25) is 19.2 Å². The molecule has 2 atom stereocenters. The van der Waals surface area contributed by atoms with Crippen molar-refractivity contribution in [2.45, 2.75) is 39.9 Å². The molecule has 0 aliphatic heterocycles. The van der Waals surface area contributed by atoms with Gasteiger partial charge in [0.1, 0.15) is 24.7 Å². The van der Waals surface area contributed by atoms with Crippen molar-refractivity contribution in [3.05, 3.63) is 23.3 Å². The maximum atomic E-state index is 11.7. The van der Waals surface area contributed by atoms with E-state index in [2.05, 4.69) is 0 Å². The third kappa shape index (κ3) is 10.5. The lowest BCUT2D eigenvalue weighted by Crippen LogP contribution is -2.23. The summed E-state index contributed by atoms with van der Waals surface area (Å²) in [5.41, 5.74) is -0.116. The highest BCUT2D eigenvalue weighted by molar-refractivity contribution is 5.68. The van der Waals surface area contributed by atoms with E-state index in [4.69, 9.17) is 28.4 Å². The molecule has 0 saturated carbocycles. The summed E-state index contributed by atoms with van der Waals surface area (Å²) in [6.07, 6.45) is -2.42. The molecule has 1 rings (SSSR count). The van der Waals surface area contributed by atoms with Gasteiger partial charge in [0, 0.05) is 38.8 Å². The minimum absolute atomic E-state index is 0.0289. The van der Waals surface area contributed by atoms with Gasteiger partial charge < -0.3 is 38.6 Å². The Labute approximate surface area is 196 Å². The Morgan fingerprint density at radius 2 is 1.00 bits per heavy atom. The fourth-order valence-electron chi connectivity index (χ4n) is 2.91. The molecule has 0 radical (unpaired) electrons. The van der Waals surface area contributed by atoms with Gasteiger partial charge in [-0.1, -0.05) is 0 Å². The quantitative estimate of drug-likeness (QED) is 0.169. The van der Waals surface area contributed by atoms with Gasteiger partial charge in [-0.25, -0.2) is 0 Å².